The van der Waals surface area contributed by atoms with Crippen LogP contribution < -0.4 is 10.5 Å². The normalized spacial score (nSPS) is 12.1. The van der Waals surface area contributed by atoms with Crippen molar-refractivity contribution in [3.05, 3.63) is 11.8 Å². The second-order valence-electron chi connectivity index (χ2n) is 5.35. The number of nitrogens with two attached hydrogens (primary N) is 1. The van der Waals surface area contributed by atoms with Gasteiger partial charge in [0.2, 0.25) is 5.88 Å². The maximum atomic E-state index is 5.98. The molecule has 2 N–H and O–H groups in total. The van der Waals surface area contributed by atoms with E-state index in [1.807, 2.05) is 13.8 Å². The zero-order valence-corrected chi connectivity index (χ0v) is 12.6. The Kier molecular flexibility index (Phi) is 3.06. The van der Waals surface area contributed by atoms with Crippen LogP contribution in [0, 0.1) is 6.92 Å². The number of nitrogens with zero attached hydrogens (tertiary/aromatic N) is 3. The van der Waals surface area contributed by atoms with E-state index in [4.69, 9.17) is 10.5 Å². The summed E-state index contributed by atoms with van der Waals surface area (Å²) >= 11 is 0. The number of aromatic nitrogens is 3. The van der Waals surface area contributed by atoms with Gasteiger partial charge in [-0.3, -0.25) is 4.35 Å². The van der Waals surface area contributed by atoms with Gasteiger partial charge in [0.25, 0.3) is 0 Å². The highest BCUT2D eigenvalue weighted by molar-refractivity contribution is 6.75. The Morgan fingerprint density at radius 1 is 1.39 bits per heavy atom. The maximum Gasteiger partial charge on any atom is 0.220 e. The molecule has 0 spiro atoms. The minimum absolute atomic E-state index is 0.489. The van der Waals surface area contributed by atoms with Crippen molar-refractivity contribution in [2.75, 3.05) is 12.3 Å². The summed E-state index contributed by atoms with van der Waals surface area (Å²) in [6.45, 7) is 11.3. The lowest BCUT2D eigenvalue weighted by molar-refractivity contribution is 0.325. The minimum Gasteiger partial charge on any atom is -0.478 e. The van der Waals surface area contributed by atoms with Crippen molar-refractivity contribution in [1.29, 1.82) is 0 Å². The number of fused-ring (bicyclic) bond motifs is 1. The number of anilines is 1. The van der Waals surface area contributed by atoms with Gasteiger partial charge < -0.3 is 10.5 Å². The van der Waals surface area contributed by atoms with E-state index in [2.05, 4.69) is 34.1 Å². The Hall–Kier alpha value is -1.56. The van der Waals surface area contributed by atoms with Crippen molar-refractivity contribution < 1.29 is 4.74 Å². The van der Waals surface area contributed by atoms with Crippen LogP contribution in [0.2, 0.25) is 19.6 Å². The number of nitrogen functional groups attached to an aromatic ring is 1. The molecule has 0 bridgehead atoms. The molecule has 0 aliphatic heterocycles. The van der Waals surface area contributed by atoms with E-state index in [0.717, 1.165) is 16.5 Å². The number of hydrogen-bond acceptors (Lipinski definition) is 4. The molecule has 0 unspecified atom stereocenters. The van der Waals surface area contributed by atoms with Gasteiger partial charge in [-0.05, 0) is 33.5 Å². The molecule has 6 heteroatoms. The molecule has 2 heterocycles. The molecule has 0 aliphatic rings. The summed E-state index contributed by atoms with van der Waals surface area (Å²) < 4.78 is 7.66. The van der Waals surface area contributed by atoms with E-state index < -0.39 is 8.24 Å². The lowest BCUT2D eigenvalue weighted by Crippen LogP contribution is -2.33. The van der Waals surface area contributed by atoms with Crippen LogP contribution in [-0.2, 0) is 0 Å². The first-order valence-corrected chi connectivity index (χ1v) is 9.58. The summed E-state index contributed by atoms with van der Waals surface area (Å²) in [5, 5.41) is 5.41. The van der Waals surface area contributed by atoms with Gasteiger partial charge in [-0.15, -0.1) is 0 Å². The first kappa shape index (κ1) is 12.9. The molecule has 98 valence electrons. The Morgan fingerprint density at radius 3 is 2.61 bits per heavy atom. The Morgan fingerprint density at radius 2 is 2.06 bits per heavy atom. The molecule has 0 aliphatic carbocycles. The summed E-state index contributed by atoms with van der Waals surface area (Å²) in [5.74, 6) is 1.10. The molecule has 0 radical (unpaired) electrons. The average molecular weight is 264 g/mol. The van der Waals surface area contributed by atoms with Crippen LogP contribution >= 0.6 is 0 Å². The van der Waals surface area contributed by atoms with Crippen molar-refractivity contribution in [3.63, 3.8) is 0 Å². The quantitative estimate of drug-likeness (QED) is 0.865. The lowest BCUT2D eigenvalue weighted by atomic mass is 10.2. The van der Waals surface area contributed by atoms with Gasteiger partial charge in [0.05, 0.1) is 23.7 Å². The van der Waals surface area contributed by atoms with Crippen LogP contribution in [0.5, 0.6) is 5.88 Å². The fourth-order valence-corrected chi connectivity index (χ4v) is 3.40. The van der Waals surface area contributed by atoms with Gasteiger partial charge >= 0.3 is 0 Å². The first-order valence-electron chi connectivity index (χ1n) is 6.13. The Bertz CT molecular complexity index is 586. The lowest BCUT2D eigenvalue weighted by Gasteiger charge is -2.19. The second-order valence-corrected chi connectivity index (χ2v) is 10.1. The highest BCUT2D eigenvalue weighted by Crippen LogP contribution is 2.30. The predicted octanol–water partition coefficient (Wildman–Crippen LogP) is 2.40. The highest BCUT2D eigenvalue weighted by Gasteiger charge is 2.23. The van der Waals surface area contributed by atoms with E-state index in [9.17, 15) is 0 Å². The average Bonchev–Trinajstić information content (AvgIpc) is 2.70. The fourth-order valence-electron chi connectivity index (χ4n) is 2.04. The number of pyridine rings is 1. The molecule has 0 atom stereocenters. The monoisotopic (exact) mass is 264 g/mol. The van der Waals surface area contributed by atoms with Crippen molar-refractivity contribution in [3.8, 4) is 5.88 Å². The smallest absolute Gasteiger partial charge is 0.220 e. The molecular formula is C12H20N4OSi. The fraction of sp³-hybridized carbons (Fsp3) is 0.500. The van der Waals surface area contributed by atoms with E-state index in [1.165, 1.54) is 0 Å². The van der Waals surface area contributed by atoms with Gasteiger partial charge in [0, 0.05) is 5.56 Å². The standard InChI is InChI=1S/C12H20N4OSi/c1-6-17-12-8(2)10-9(11(13)15-12)7-14-16(10)18(3,4)5/h7H,6H2,1-5H3,(H2,13,15). The van der Waals surface area contributed by atoms with Crippen LogP contribution in [-0.4, -0.2) is 29.3 Å². The highest BCUT2D eigenvalue weighted by atomic mass is 28.3. The molecule has 18 heavy (non-hydrogen) atoms. The Balaban J connectivity index is 2.78. The number of rotatable bonds is 3. The summed E-state index contributed by atoms with van der Waals surface area (Å²) in [7, 11) is -1.58. The van der Waals surface area contributed by atoms with Crippen LogP contribution in [0.4, 0.5) is 5.82 Å². The summed E-state index contributed by atoms with van der Waals surface area (Å²) in [6, 6.07) is 0. The SMILES string of the molecule is CCOc1nc(N)c2cnn([Si](C)(C)C)c2c1C. The van der Waals surface area contributed by atoms with Gasteiger partial charge in [0.15, 0.2) is 8.24 Å². The number of aryl methyl sites for hydroxylation is 1. The van der Waals surface area contributed by atoms with Crippen molar-refractivity contribution >= 4 is 25.0 Å². The topological polar surface area (TPSA) is 66.0 Å². The summed E-state index contributed by atoms with van der Waals surface area (Å²) in [6.07, 6.45) is 1.80. The molecular weight excluding hydrogens is 244 g/mol. The van der Waals surface area contributed by atoms with E-state index >= 15 is 0 Å². The predicted molar refractivity (Wildman–Crippen MR) is 76.6 cm³/mol. The molecule has 2 rings (SSSR count). The molecule has 0 saturated heterocycles. The number of hydrogen-bond donors (Lipinski definition) is 1. The summed E-state index contributed by atoms with van der Waals surface area (Å²) in [5.41, 5.74) is 8.06. The van der Waals surface area contributed by atoms with E-state index in [1.54, 1.807) is 6.20 Å². The van der Waals surface area contributed by atoms with Crippen LogP contribution in [0.15, 0.2) is 6.20 Å². The molecule has 2 aromatic heterocycles. The number of ether oxygens (including phenoxy) is 1. The van der Waals surface area contributed by atoms with Crippen molar-refractivity contribution in [2.24, 2.45) is 0 Å². The molecule has 0 amide bonds. The van der Waals surface area contributed by atoms with Gasteiger partial charge in [-0.1, -0.05) is 0 Å². The largest absolute Gasteiger partial charge is 0.478 e. The van der Waals surface area contributed by atoms with Gasteiger partial charge in [-0.25, -0.2) is 0 Å². The molecule has 0 aromatic carbocycles. The van der Waals surface area contributed by atoms with E-state index in [0.29, 0.717) is 18.3 Å². The third-order valence-corrected chi connectivity index (χ3v) is 4.47. The maximum absolute atomic E-state index is 5.98. The third-order valence-electron chi connectivity index (χ3n) is 2.86. The van der Waals surface area contributed by atoms with Gasteiger partial charge in [0.1, 0.15) is 5.82 Å². The molecule has 2 aromatic rings. The molecule has 0 saturated carbocycles. The molecule has 5 nitrogen and oxygen atoms in total. The van der Waals surface area contributed by atoms with Gasteiger partial charge in [-0.2, -0.15) is 10.1 Å². The van der Waals surface area contributed by atoms with E-state index in [-0.39, 0.29) is 0 Å². The van der Waals surface area contributed by atoms with Crippen LogP contribution in [0.3, 0.4) is 0 Å². The van der Waals surface area contributed by atoms with Crippen LogP contribution in [0.25, 0.3) is 10.9 Å². The molecule has 0 fully saturated rings. The zero-order valence-electron chi connectivity index (χ0n) is 11.6. The van der Waals surface area contributed by atoms with Crippen LogP contribution in [0.1, 0.15) is 12.5 Å². The van der Waals surface area contributed by atoms with Crippen molar-refractivity contribution in [1.82, 2.24) is 14.4 Å². The third kappa shape index (κ3) is 1.96. The van der Waals surface area contributed by atoms with Crippen molar-refractivity contribution in [2.45, 2.75) is 33.5 Å². The zero-order chi connectivity index (χ0) is 13.5. The first-order chi connectivity index (χ1) is 8.36. The summed E-state index contributed by atoms with van der Waals surface area (Å²) in [4.78, 5) is 4.30. The second kappa shape index (κ2) is 4.27. The minimum atomic E-state index is -1.58. The Labute approximate surface area is 108 Å².